The smallest absolute Gasteiger partial charge is 0.380 e. The zero-order valence-electron chi connectivity index (χ0n) is 11.3. The first-order valence-electron chi connectivity index (χ1n) is 5.87. The SMILES string of the molecule is CC(C)(C)c1cc(=O)c2cc(OS(N)(=O)=O)ccc2o1. The summed E-state index contributed by atoms with van der Waals surface area (Å²) in [5, 5.41) is 5.01. The van der Waals surface area contributed by atoms with Gasteiger partial charge < -0.3 is 8.60 Å². The predicted molar refractivity (Wildman–Crippen MR) is 74.9 cm³/mol. The molecule has 0 amide bonds. The van der Waals surface area contributed by atoms with Crippen LogP contribution < -0.4 is 14.8 Å². The molecule has 1 aromatic carbocycles. The van der Waals surface area contributed by atoms with Gasteiger partial charge in [0.1, 0.15) is 17.1 Å². The lowest BCUT2D eigenvalue weighted by Crippen LogP contribution is -2.19. The molecule has 1 heterocycles. The minimum absolute atomic E-state index is 0.0317. The molecule has 108 valence electrons. The highest BCUT2D eigenvalue weighted by atomic mass is 32.2. The van der Waals surface area contributed by atoms with Crippen molar-refractivity contribution in [3.8, 4) is 5.75 Å². The Morgan fingerprint density at radius 2 is 1.85 bits per heavy atom. The standard InChI is InChI=1S/C13H15NO5S/c1-13(2,3)12-7-10(15)9-6-8(19-20(14,16)17)4-5-11(9)18-12/h4-7H,1-3H3,(H2,14,16,17). The van der Waals surface area contributed by atoms with Gasteiger partial charge >= 0.3 is 10.3 Å². The predicted octanol–water partition coefficient (Wildman–Crippen LogP) is 1.67. The van der Waals surface area contributed by atoms with E-state index in [-0.39, 0.29) is 22.0 Å². The third-order valence-electron chi connectivity index (χ3n) is 2.65. The van der Waals surface area contributed by atoms with Gasteiger partial charge in [0.05, 0.1) is 5.39 Å². The molecule has 7 heteroatoms. The van der Waals surface area contributed by atoms with Crippen LogP contribution in [0.1, 0.15) is 26.5 Å². The molecule has 2 N–H and O–H groups in total. The van der Waals surface area contributed by atoms with Gasteiger partial charge in [-0.2, -0.15) is 13.6 Å². The Hall–Kier alpha value is -1.86. The van der Waals surface area contributed by atoms with Crippen molar-refractivity contribution in [2.45, 2.75) is 26.2 Å². The van der Waals surface area contributed by atoms with Crippen LogP contribution in [0.15, 0.2) is 33.5 Å². The maximum Gasteiger partial charge on any atom is 0.380 e. The van der Waals surface area contributed by atoms with Gasteiger partial charge in [0.15, 0.2) is 5.43 Å². The summed E-state index contributed by atoms with van der Waals surface area (Å²) in [6.45, 7) is 5.78. The Labute approximate surface area is 116 Å². The van der Waals surface area contributed by atoms with Gasteiger partial charge in [0.2, 0.25) is 0 Å². The molecule has 20 heavy (non-hydrogen) atoms. The van der Waals surface area contributed by atoms with E-state index in [0.29, 0.717) is 11.3 Å². The van der Waals surface area contributed by atoms with E-state index in [0.717, 1.165) is 0 Å². The molecule has 0 saturated carbocycles. The van der Waals surface area contributed by atoms with Gasteiger partial charge in [0.25, 0.3) is 0 Å². The lowest BCUT2D eigenvalue weighted by molar-refractivity contribution is 0.421. The maximum absolute atomic E-state index is 12.1. The summed E-state index contributed by atoms with van der Waals surface area (Å²) in [4.78, 5) is 12.1. The van der Waals surface area contributed by atoms with E-state index in [1.54, 1.807) is 0 Å². The van der Waals surface area contributed by atoms with Crippen LogP contribution in [0.2, 0.25) is 0 Å². The average molecular weight is 297 g/mol. The second-order valence-corrected chi connectivity index (χ2v) is 6.61. The van der Waals surface area contributed by atoms with Crippen molar-refractivity contribution in [3.05, 3.63) is 40.2 Å². The summed E-state index contributed by atoms with van der Waals surface area (Å²) in [5.41, 5.74) is -0.205. The zero-order chi connectivity index (χ0) is 15.1. The molecule has 1 aromatic heterocycles. The number of hydrogen-bond donors (Lipinski definition) is 1. The van der Waals surface area contributed by atoms with E-state index in [4.69, 9.17) is 9.56 Å². The minimum Gasteiger partial charge on any atom is -0.460 e. The van der Waals surface area contributed by atoms with Crippen molar-refractivity contribution >= 4 is 21.3 Å². The van der Waals surface area contributed by atoms with Gasteiger partial charge in [-0.15, -0.1) is 0 Å². The third kappa shape index (κ3) is 3.17. The van der Waals surface area contributed by atoms with Gasteiger partial charge in [0, 0.05) is 11.5 Å². The summed E-state index contributed by atoms with van der Waals surface area (Å²) >= 11 is 0. The Bertz CT molecular complexity index is 815. The molecule has 2 rings (SSSR count). The van der Waals surface area contributed by atoms with Gasteiger partial charge in [-0.3, -0.25) is 4.79 Å². The van der Waals surface area contributed by atoms with Gasteiger partial charge in [-0.25, -0.2) is 0 Å². The average Bonchev–Trinajstić information content (AvgIpc) is 2.26. The molecule has 2 aromatic rings. The number of nitrogens with two attached hydrogens (primary N) is 1. The number of benzene rings is 1. The lowest BCUT2D eigenvalue weighted by atomic mass is 9.92. The first-order valence-corrected chi connectivity index (χ1v) is 7.34. The summed E-state index contributed by atoms with van der Waals surface area (Å²) < 4.78 is 31.9. The van der Waals surface area contributed by atoms with E-state index >= 15 is 0 Å². The van der Waals surface area contributed by atoms with Gasteiger partial charge in [-0.05, 0) is 18.2 Å². The van der Waals surface area contributed by atoms with Crippen LogP contribution in [0.5, 0.6) is 5.75 Å². The quantitative estimate of drug-likeness (QED) is 0.909. The van der Waals surface area contributed by atoms with Crippen LogP contribution in [-0.2, 0) is 15.7 Å². The van der Waals surface area contributed by atoms with Crippen LogP contribution in [0.3, 0.4) is 0 Å². The second kappa shape index (κ2) is 4.60. The van der Waals surface area contributed by atoms with E-state index in [1.165, 1.54) is 24.3 Å². The Morgan fingerprint density at radius 3 is 2.40 bits per heavy atom. The molecule has 0 aliphatic rings. The first kappa shape index (κ1) is 14.5. The van der Waals surface area contributed by atoms with Crippen LogP contribution in [0, 0.1) is 0 Å². The summed E-state index contributed by atoms with van der Waals surface area (Å²) in [5.74, 6) is 0.519. The van der Waals surface area contributed by atoms with Gasteiger partial charge in [-0.1, -0.05) is 20.8 Å². The Kier molecular flexibility index (Phi) is 3.35. The molecule has 0 aliphatic heterocycles. The van der Waals surface area contributed by atoms with Crippen molar-refractivity contribution in [3.63, 3.8) is 0 Å². The summed E-state index contributed by atoms with van der Waals surface area (Å²) in [6, 6.07) is 5.54. The van der Waals surface area contributed by atoms with Crippen LogP contribution in [0.25, 0.3) is 11.0 Å². The molecular weight excluding hydrogens is 282 g/mol. The highest BCUT2D eigenvalue weighted by Gasteiger charge is 2.19. The fraction of sp³-hybridized carbons (Fsp3) is 0.308. The lowest BCUT2D eigenvalue weighted by Gasteiger charge is -2.17. The molecule has 6 nitrogen and oxygen atoms in total. The normalized spacial score (nSPS) is 12.6. The largest absolute Gasteiger partial charge is 0.460 e. The highest BCUT2D eigenvalue weighted by Crippen LogP contribution is 2.26. The number of rotatable bonds is 2. The summed E-state index contributed by atoms with van der Waals surface area (Å²) in [7, 11) is -4.12. The molecule has 0 bridgehead atoms. The fourth-order valence-corrected chi connectivity index (χ4v) is 2.06. The monoisotopic (exact) mass is 297 g/mol. The molecule has 0 radical (unpaired) electrons. The van der Waals surface area contributed by atoms with Crippen molar-refractivity contribution in [1.82, 2.24) is 0 Å². The van der Waals surface area contributed by atoms with Crippen LogP contribution in [0.4, 0.5) is 0 Å². The zero-order valence-corrected chi connectivity index (χ0v) is 12.2. The molecule has 0 saturated heterocycles. The number of hydrogen-bond acceptors (Lipinski definition) is 5. The molecule has 0 unspecified atom stereocenters. The molecule has 0 fully saturated rings. The highest BCUT2D eigenvalue weighted by molar-refractivity contribution is 7.84. The second-order valence-electron chi connectivity index (χ2n) is 5.46. The van der Waals surface area contributed by atoms with E-state index in [9.17, 15) is 13.2 Å². The van der Waals surface area contributed by atoms with E-state index in [2.05, 4.69) is 4.18 Å². The third-order valence-corrected chi connectivity index (χ3v) is 3.07. The van der Waals surface area contributed by atoms with E-state index < -0.39 is 10.3 Å². The van der Waals surface area contributed by atoms with Crippen LogP contribution >= 0.6 is 0 Å². The first-order chi connectivity index (χ1) is 9.06. The number of fused-ring (bicyclic) bond motifs is 1. The van der Waals surface area contributed by atoms with Crippen molar-refractivity contribution in [2.24, 2.45) is 5.14 Å². The van der Waals surface area contributed by atoms with E-state index in [1.807, 2.05) is 20.8 Å². The molecule has 0 atom stereocenters. The summed E-state index contributed by atoms with van der Waals surface area (Å²) in [6.07, 6.45) is 0. The minimum atomic E-state index is -4.12. The van der Waals surface area contributed by atoms with Crippen molar-refractivity contribution < 1.29 is 17.0 Å². The van der Waals surface area contributed by atoms with Crippen LogP contribution in [-0.4, -0.2) is 8.42 Å². The fourth-order valence-electron chi connectivity index (χ4n) is 1.69. The maximum atomic E-state index is 12.1. The molecular formula is C13H15NO5S. The Morgan fingerprint density at radius 1 is 1.20 bits per heavy atom. The van der Waals surface area contributed by atoms with Crippen molar-refractivity contribution in [1.29, 1.82) is 0 Å². The topological polar surface area (TPSA) is 99.6 Å². The molecule has 0 aliphatic carbocycles. The Balaban J connectivity index is 2.61. The molecule has 0 spiro atoms. The van der Waals surface area contributed by atoms with Crippen molar-refractivity contribution in [2.75, 3.05) is 0 Å².